The van der Waals surface area contributed by atoms with Crippen molar-refractivity contribution in [2.45, 2.75) is 17.6 Å². The third-order valence-corrected chi connectivity index (χ3v) is 6.06. The van der Waals surface area contributed by atoms with Crippen LogP contribution in [-0.4, -0.2) is 38.3 Å². The number of aromatic nitrogens is 3. The molecule has 2 N–H and O–H groups in total. The summed E-state index contributed by atoms with van der Waals surface area (Å²) in [5.41, 5.74) is 10.9. The Morgan fingerprint density at radius 1 is 1.04 bits per heavy atom. The molecule has 0 saturated carbocycles. The molecule has 1 aromatic heterocycles. The minimum absolute atomic E-state index is 0.150. The maximum atomic E-state index is 6.30. The molecule has 2 aromatic carbocycles. The summed E-state index contributed by atoms with van der Waals surface area (Å²) in [4.78, 5) is 0. The molecule has 1 atom stereocenters. The van der Waals surface area contributed by atoms with Crippen LogP contribution in [0.2, 0.25) is 0 Å². The number of nitrogens with two attached hydrogens (primary N) is 1. The van der Waals surface area contributed by atoms with Gasteiger partial charge in [0.1, 0.15) is 0 Å². The summed E-state index contributed by atoms with van der Waals surface area (Å²) in [7, 11) is 0. The highest BCUT2D eigenvalue weighted by Gasteiger charge is 2.23. The van der Waals surface area contributed by atoms with Gasteiger partial charge in [0.05, 0.1) is 11.8 Å². The van der Waals surface area contributed by atoms with Gasteiger partial charge >= 0.3 is 0 Å². The lowest BCUT2D eigenvalue weighted by Gasteiger charge is -2.16. The second kappa shape index (κ2) is 8.29. The first kappa shape index (κ1) is 18.3. The molecule has 0 fully saturated rings. The maximum absolute atomic E-state index is 6.30. The van der Waals surface area contributed by atoms with E-state index in [1.54, 1.807) is 23.5 Å². The Hall–Kier alpha value is -2.09. The maximum Gasteiger partial charge on any atom is 0.212 e. The van der Waals surface area contributed by atoms with Crippen molar-refractivity contribution in [1.29, 1.82) is 0 Å². The van der Waals surface area contributed by atoms with Gasteiger partial charge in [-0.05, 0) is 35.1 Å². The largest absolute Gasteiger partial charge is 0.321 e. The van der Waals surface area contributed by atoms with E-state index in [2.05, 4.69) is 65.0 Å². The summed E-state index contributed by atoms with van der Waals surface area (Å²) in [5.74, 6) is 2.52. The fourth-order valence-corrected chi connectivity index (χ4v) is 4.31. The summed E-state index contributed by atoms with van der Waals surface area (Å²) < 4.78 is 1.82. The number of rotatable bonds is 6. The zero-order valence-electron chi connectivity index (χ0n) is 15.1. The fourth-order valence-electron chi connectivity index (χ4n) is 2.98. The van der Waals surface area contributed by atoms with E-state index in [9.17, 15) is 0 Å². The van der Waals surface area contributed by atoms with Crippen LogP contribution in [-0.2, 0) is 0 Å². The predicted octanol–water partition coefficient (Wildman–Crippen LogP) is 4.06. The standard InChI is InChI=1S/C20H21N5S2/c1-26-12-11-17(21)19-22-23-20-25(19)24-18(13-27-20)16-9-7-15(8-10-16)14-5-3-2-4-6-14/h2-10,17H,11-13,21H2,1H3. The highest BCUT2D eigenvalue weighted by molar-refractivity contribution is 7.99. The van der Waals surface area contributed by atoms with Gasteiger partial charge in [-0.2, -0.15) is 21.5 Å². The van der Waals surface area contributed by atoms with E-state index in [1.807, 2.05) is 10.7 Å². The zero-order valence-corrected chi connectivity index (χ0v) is 16.7. The molecule has 0 spiro atoms. The highest BCUT2D eigenvalue weighted by Crippen LogP contribution is 2.27. The van der Waals surface area contributed by atoms with Gasteiger partial charge in [0.25, 0.3) is 0 Å². The average molecular weight is 396 g/mol. The lowest BCUT2D eigenvalue weighted by atomic mass is 10.0. The SMILES string of the molecule is CSCCC(N)c1nnc2n1N=C(c1ccc(-c3ccccc3)cc1)CS2. The second-order valence-corrected chi connectivity index (χ2v) is 8.25. The molecule has 138 valence electrons. The van der Waals surface area contributed by atoms with Gasteiger partial charge in [-0.15, -0.1) is 10.2 Å². The minimum atomic E-state index is -0.150. The molecule has 2 heterocycles. The van der Waals surface area contributed by atoms with Gasteiger partial charge < -0.3 is 5.73 Å². The van der Waals surface area contributed by atoms with E-state index in [0.29, 0.717) is 0 Å². The van der Waals surface area contributed by atoms with Crippen LogP contribution in [0.3, 0.4) is 0 Å². The van der Waals surface area contributed by atoms with Crippen molar-refractivity contribution in [3.05, 3.63) is 66.0 Å². The van der Waals surface area contributed by atoms with Crippen LogP contribution in [0.15, 0.2) is 64.9 Å². The topological polar surface area (TPSA) is 69.1 Å². The summed E-state index contributed by atoms with van der Waals surface area (Å²) in [5, 5.41) is 14.2. The van der Waals surface area contributed by atoms with Crippen LogP contribution in [0.1, 0.15) is 23.9 Å². The number of hydrogen-bond acceptors (Lipinski definition) is 6. The number of thioether (sulfide) groups is 2. The van der Waals surface area contributed by atoms with Gasteiger partial charge in [-0.1, -0.05) is 66.4 Å². The molecule has 0 amide bonds. The van der Waals surface area contributed by atoms with Crippen molar-refractivity contribution in [2.75, 3.05) is 17.8 Å². The Balaban J connectivity index is 1.60. The number of fused-ring (bicyclic) bond motifs is 1. The molecule has 4 rings (SSSR count). The van der Waals surface area contributed by atoms with E-state index >= 15 is 0 Å². The first-order valence-electron chi connectivity index (χ1n) is 8.82. The van der Waals surface area contributed by atoms with Crippen LogP contribution in [0.5, 0.6) is 0 Å². The smallest absolute Gasteiger partial charge is 0.212 e. The molecule has 1 aliphatic heterocycles. The van der Waals surface area contributed by atoms with Gasteiger partial charge in [-0.3, -0.25) is 0 Å². The van der Waals surface area contributed by atoms with Crippen LogP contribution in [0.4, 0.5) is 0 Å². The molecular weight excluding hydrogens is 374 g/mol. The first-order chi connectivity index (χ1) is 13.3. The van der Waals surface area contributed by atoms with Crippen LogP contribution >= 0.6 is 23.5 Å². The average Bonchev–Trinajstić information content (AvgIpc) is 3.16. The molecule has 0 saturated heterocycles. The van der Waals surface area contributed by atoms with Gasteiger partial charge in [0, 0.05) is 5.75 Å². The summed E-state index contributed by atoms with van der Waals surface area (Å²) in [6.45, 7) is 0. The Labute approximate surface area is 167 Å². The minimum Gasteiger partial charge on any atom is -0.321 e. The molecule has 5 nitrogen and oxygen atoms in total. The molecule has 3 aromatic rings. The summed E-state index contributed by atoms with van der Waals surface area (Å²) in [6.07, 6.45) is 2.94. The van der Waals surface area contributed by atoms with E-state index in [-0.39, 0.29) is 6.04 Å². The lowest BCUT2D eigenvalue weighted by Crippen LogP contribution is -2.20. The summed E-state index contributed by atoms with van der Waals surface area (Å²) in [6, 6.07) is 18.8. The molecule has 7 heteroatoms. The molecule has 1 aliphatic rings. The molecular formula is C20H21N5S2. The summed E-state index contributed by atoms with van der Waals surface area (Å²) >= 11 is 3.44. The van der Waals surface area contributed by atoms with Crippen molar-refractivity contribution in [1.82, 2.24) is 14.9 Å². The van der Waals surface area contributed by atoms with Crippen LogP contribution in [0.25, 0.3) is 11.1 Å². The molecule has 0 aliphatic carbocycles. The van der Waals surface area contributed by atoms with Crippen molar-refractivity contribution in [2.24, 2.45) is 10.8 Å². The van der Waals surface area contributed by atoms with Crippen LogP contribution in [0, 0.1) is 0 Å². The number of nitrogens with zero attached hydrogens (tertiary/aromatic N) is 4. The van der Waals surface area contributed by atoms with Crippen molar-refractivity contribution >= 4 is 29.2 Å². The van der Waals surface area contributed by atoms with E-state index in [4.69, 9.17) is 10.8 Å². The first-order valence-corrected chi connectivity index (χ1v) is 11.2. The van der Waals surface area contributed by atoms with Gasteiger partial charge in [-0.25, -0.2) is 0 Å². The Kier molecular flexibility index (Phi) is 5.61. The third-order valence-electron chi connectivity index (χ3n) is 4.48. The van der Waals surface area contributed by atoms with Gasteiger partial charge in [0.2, 0.25) is 5.16 Å². The lowest BCUT2D eigenvalue weighted by molar-refractivity contribution is 0.598. The van der Waals surface area contributed by atoms with Crippen LogP contribution < -0.4 is 5.73 Å². The highest BCUT2D eigenvalue weighted by atomic mass is 32.2. The Morgan fingerprint density at radius 3 is 2.48 bits per heavy atom. The normalized spacial score (nSPS) is 14.5. The van der Waals surface area contributed by atoms with E-state index in [0.717, 1.165) is 40.2 Å². The predicted molar refractivity (Wildman–Crippen MR) is 114 cm³/mol. The monoisotopic (exact) mass is 395 g/mol. The van der Waals surface area contributed by atoms with E-state index < -0.39 is 0 Å². The Morgan fingerprint density at radius 2 is 1.74 bits per heavy atom. The molecule has 0 radical (unpaired) electrons. The van der Waals surface area contributed by atoms with Gasteiger partial charge in [0.15, 0.2) is 5.82 Å². The third kappa shape index (κ3) is 3.95. The Bertz CT molecular complexity index is 935. The van der Waals surface area contributed by atoms with E-state index in [1.165, 1.54) is 11.1 Å². The van der Waals surface area contributed by atoms with Crippen molar-refractivity contribution in [3.63, 3.8) is 0 Å². The second-order valence-electron chi connectivity index (χ2n) is 6.32. The molecule has 0 bridgehead atoms. The van der Waals surface area contributed by atoms with Crippen molar-refractivity contribution in [3.8, 4) is 11.1 Å². The van der Waals surface area contributed by atoms with Crippen molar-refractivity contribution < 1.29 is 0 Å². The quantitative estimate of drug-likeness (QED) is 0.682. The molecule has 27 heavy (non-hydrogen) atoms. The molecule has 1 unspecified atom stereocenters. The number of hydrogen-bond donors (Lipinski definition) is 1. The fraction of sp³-hybridized carbons (Fsp3) is 0.250. The number of benzene rings is 2. The zero-order chi connectivity index (χ0) is 18.6.